The molecule has 7 nitrogen and oxygen atoms in total. The smallest absolute Gasteiger partial charge is 0.332 e. The molecule has 0 unspecified atom stereocenters. The molecule has 0 radical (unpaired) electrons. The van der Waals surface area contributed by atoms with Gasteiger partial charge in [-0.3, -0.25) is 18.7 Å². The van der Waals surface area contributed by atoms with Crippen molar-refractivity contribution in [1.29, 1.82) is 0 Å². The van der Waals surface area contributed by atoms with E-state index in [0.717, 1.165) is 16.7 Å². The Hall–Kier alpha value is -3.36. The number of aromatic nitrogens is 3. The summed E-state index contributed by atoms with van der Waals surface area (Å²) in [6, 6.07) is 2.14. The lowest BCUT2D eigenvalue weighted by Crippen LogP contribution is -2.39. The molecule has 0 spiro atoms. The van der Waals surface area contributed by atoms with E-state index in [9.17, 15) is 23.2 Å². The lowest BCUT2D eigenvalue weighted by Gasteiger charge is -2.30. The third kappa shape index (κ3) is 2.76. The van der Waals surface area contributed by atoms with Crippen molar-refractivity contribution < 1.29 is 13.6 Å². The second kappa shape index (κ2) is 6.61. The second-order valence-corrected chi connectivity index (χ2v) is 7.16. The van der Waals surface area contributed by atoms with E-state index in [1.165, 1.54) is 29.8 Å². The zero-order chi connectivity index (χ0) is 21.0. The van der Waals surface area contributed by atoms with Crippen LogP contribution in [0.15, 0.2) is 27.9 Å². The molecule has 2 aromatic heterocycles. The zero-order valence-electron chi connectivity index (χ0n) is 16.1. The standard InChI is InChI=1S/C20H18F2N4O3/c1-10-12(8-23-17-16(10)19(28)25(3)20(29)24(17)2)18(27)26-7-6-11-13(9-26)15(22)5-4-14(11)21/h4-5,8H,6-7,9H2,1-3H3. The van der Waals surface area contributed by atoms with Gasteiger partial charge in [0, 0.05) is 38.9 Å². The van der Waals surface area contributed by atoms with Gasteiger partial charge in [0.15, 0.2) is 0 Å². The predicted octanol–water partition coefficient (Wildman–Crippen LogP) is 1.42. The largest absolute Gasteiger partial charge is 0.334 e. The van der Waals surface area contributed by atoms with Crippen LogP contribution in [-0.4, -0.2) is 31.5 Å². The van der Waals surface area contributed by atoms with E-state index in [1.54, 1.807) is 6.92 Å². The molecular formula is C20H18F2N4O3. The van der Waals surface area contributed by atoms with E-state index < -0.39 is 28.8 Å². The number of aryl methyl sites for hydroxylation is 2. The number of benzene rings is 1. The molecule has 1 aromatic carbocycles. The summed E-state index contributed by atoms with van der Waals surface area (Å²) in [7, 11) is 2.86. The number of pyridine rings is 1. The Balaban J connectivity index is 1.81. The van der Waals surface area contributed by atoms with E-state index in [0.29, 0.717) is 5.56 Å². The molecule has 3 heterocycles. The van der Waals surface area contributed by atoms with Gasteiger partial charge in [-0.1, -0.05) is 0 Å². The molecule has 1 aliphatic heterocycles. The first-order valence-corrected chi connectivity index (χ1v) is 9.02. The van der Waals surface area contributed by atoms with Crippen LogP contribution in [-0.2, 0) is 27.1 Å². The topological polar surface area (TPSA) is 77.2 Å². The molecule has 0 atom stereocenters. The fourth-order valence-electron chi connectivity index (χ4n) is 3.82. The van der Waals surface area contributed by atoms with Gasteiger partial charge in [-0.2, -0.15) is 0 Å². The van der Waals surface area contributed by atoms with Crippen molar-refractivity contribution in [2.24, 2.45) is 14.1 Å². The summed E-state index contributed by atoms with van der Waals surface area (Å²) < 4.78 is 30.3. The quantitative estimate of drug-likeness (QED) is 0.619. The first-order chi connectivity index (χ1) is 13.7. The number of carbonyl (C=O) groups excluding carboxylic acids is 1. The Labute approximate surface area is 163 Å². The van der Waals surface area contributed by atoms with Gasteiger partial charge in [0.1, 0.15) is 17.3 Å². The molecule has 29 heavy (non-hydrogen) atoms. The summed E-state index contributed by atoms with van der Waals surface area (Å²) in [6.45, 7) is 1.76. The van der Waals surface area contributed by atoms with Crippen molar-refractivity contribution in [3.63, 3.8) is 0 Å². The maximum Gasteiger partial charge on any atom is 0.332 e. The Bertz CT molecular complexity index is 1310. The number of hydrogen-bond acceptors (Lipinski definition) is 4. The van der Waals surface area contributed by atoms with Crippen LogP contribution >= 0.6 is 0 Å². The van der Waals surface area contributed by atoms with Crippen molar-refractivity contribution in [2.75, 3.05) is 6.54 Å². The van der Waals surface area contributed by atoms with Crippen LogP contribution in [0.2, 0.25) is 0 Å². The Kier molecular flexibility index (Phi) is 4.33. The van der Waals surface area contributed by atoms with E-state index in [1.807, 2.05) is 0 Å². The highest BCUT2D eigenvalue weighted by Crippen LogP contribution is 2.26. The lowest BCUT2D eigenvalue weighted by molar-refractivity contribution is 0.0730. The molecule has 0 saturated carbocycles. The fraction of sp³-hybridized carbons (Fsp3) is 0.300. The molecule has 3 aromatic rings. The molecule has 0 saturated heterocycles. The van der Waals surface area contributed by atoms with Gasteiger partial charge in [0.2, 0.25) is 0 Å². The summed E-state index contributed by atoms with van der Waals surface area (Å²) in [5.41, 5.74) is 0.151. The molecule has 1 amide bonds. The van der Waals surface area contributed by atoms with Gasteiger partial charge >= 0.3 is 5.69 Å². The minimum atomic E-state index is -0.559. The highest BCUT2D eigenvalue weighted by atomic mass is 19.1. The summed E-state index contributed by atoms with van der Waals surface area (Å²) >= 11 is 0. The van der Waals surface area contributed by atoms with Gasteiger partial charge in [0.05, 0.1) is 10.9 Å². The Morgan fingerprint density at radius 3 is 2.41 bits per heavy atom. The van der Waals surface area contributed by atoms with Gasteiger partial charge in [0.25, 0.3) is 11.5 Å². The minimum absolute atomic E-state index is 0.0689. The lowest BCUT2D eigenvalue weighted by atomic mass is 9.97. The van der Waals surface area contributed by atoms with Crippen molar-refractivity contribution in [2.45, 2.75) is 19.9 Å². The van der Waals surface area contributed by atoms with Crippen LogP contribution in [0.25, 0.3) is 11.0 Å². The van der Waals surface area contributed by atoms with Crippen LogP contribution in [0, 0.1) is 18.6 Å². The number of rotatable bonds is 1. The third-order valence-electron chi connectivity index (χ3n) is 5.54. The normalized spacial score (nSPS) is 13.6. The van der Waals surface area contributed by atoms with E-state index in [-0.39, 0.29) is 47.2 Å². The first kappa shape index (κ1) is 19.0. The zero-order valence-corrected chi connectivity index (χ0v) is 16.1. The maximum absolute atomic E-state index is 14.2. The van der Waals surface area contributed by atoms with Crippen molar-refractivity contribution in [1.82, 2.24) is 19.0 Å². The van der Waals surface area contributed by atoms with E-state index in [2.05, 4.69) is 4.98 Å². The monoisotopic (exact) mass is 400 g/mol. The molecule has 0 aliphatic carbocycles. The van der Waals surface area contributed by atoms with Crippen molar-refractivity contribution >= 4 is 16.9 Å². The molecule has 0 fully saturated rings. The number of fused-ring (bicyclic) bond motifs is 2. The van der Waals surface area contributed by atoms with Gasteiger partial charge in [-0.25, -0.2) is 18.6 Å². The number of halogens is 2. The minimum Gasteiger partial charge on any atom is -0.334 e. The number of hydrogen-bond donors (Lipinski definition) is 0. The van der Waals surface area contributed by atoms with Crippen molar-refractivity contribution in [3.05, 3.63) is 73.1 Å². The highest BCUT2D eigenvalue weighted by molar-refractivity contribution is 5.99. The van der Waals surface area contributed by atoms with Crippen LogP contribution in [0.4, 0.5) is 8.78 Å². The van der Waals surface area contributed by atoms with Gasteiger partial charge < -0.3 is 4.90 Å². The Morgan fingerprint density at radius 2 is 1.72 bits per heavy atom. The Morgan fingerprint density at radius 1 is 1.07 bits per heavy atom. The average Bonchev–Trinajstić information content (AvgIpc) is 2.72. The van der Waals surface area contributed by atoms with E-state index in [4.69, 9.17) is 0 Å². The summed E-state index contributed by atoms with van der Waals surface area (Å²) in [4.78, 5) is 43.4. The molecule has 0 bridgehead atoms. The maximum atomic E-state index is 14.2. The second-order valence-electron chi connectivity index (χ2n) is 7.16. The highest BCUT2D eigenvalue weighted by Gasteiger charge is 2.28. The van der Waals surface area contributed by atoms with Gasteiger partial charge in [-0.05, 0) is 36.6 Å². The number of amides is 1. The molecule has 150 valence electrons. The molecule has 1 aliphatic rings. The average molecular weight is 400 g/mol. The number of carbonyl (C=O) groups is 1. The van der Waals surface area contributed by atoms with Gasteiger partial charge in [-0.15, -0.1) is 0 Å². The first-order valence-electron chi connectivity index (χ1n) is 9.02. The molecule has 0 N–H and O–H groups in total. The SMILES string of the molecule is Cc1c(C(=O)N2CCc3c(F)ccc(F)c3C2)cnc2c1c(=O)n(C)c(=O)n2C. The third-order valence-corrected chi connectivity index (χ3v) is 5.54. The van der Waals surface area contributed by atoms with Crippen LogP contribution in [0.3, 0.4) is 0 Å². The van der Waals surface area contributed by atoms with Crippen LogP contribution in [0.1, 0.15) is 27.0 Å². The van der Waals surface area contributed by atoms with Crippen LogP contribution in [0.5, 0.6) is 0 Å². The van der Waals surface area contributed by atoms with E-state index >= 15 is 0 Å². The fourth-order valence-corrected chi connectivity index (χ4v) is 3.82. The molecular weight excluding hydrogens is 382 g/mol. The van der Waals surface area contributed by atoms with Crippen molar-refractivity contribution in [3.8, 4) is 0 Å². The van der Waals surface area contributed by atoms with Crippen LogP contribution < -0.4 is 11.2 Å². The molecule has 4 rings (SSSR count). The predicted molar refractivity (Wildman–Crippen MR) is 102 cm³/mol. The summed E-state index contributed by atoms with van der Waals surface area (Å²) in [5.74, 6) is -1.47. The summed E-state index contributed by atoms with van der Waals surface area (Å²) in [6.07, 6.45) is 1.51. The molecule has 9 heteroatoms. The summed E-state index contributed by atoms with van der Waals surface area (Å²) in [5, 5.41) is 0.176. The number of nitrogens with zero attached hydrogens (tertiary/aromatic N) is 4.